The third-order valence-corrected chi connectivity index (χ3v) is 3.19. The average Bonchev–Trinajstić information content (AvgIpc) is 3.05. The molecule has 0 aliphatic heterocycles. The lowest BCUT2D eigenvalue weighted by molar-refractivity contribution is 0.0953. The van der Waals surface area contributed by atoms with Crippen LogP contribution in [0.4, 0.5) is 0 Å². The second-order valence-electron chi connectivity index (χ2n) is 4.98. The highest BCUT2D eigenvalue weighted by molar-refractivity contribution is 5.94. The molecule has 0 spiro atoms. The third-order valence-electron chi connectivity index (χ3n) is 3.19. The minimum absolute atomic E-state index is 0. The van der Waals surface area contributed by atoms with Crippen molar-refractivity contribution in [2.24, 2.45) is 0 Å². The molecule has 1 amide bonds. The van der Waals surface area contributed by atoms with E-state index in [1.807, 2.05) is 14.0 Å². The van der Waals surface area contributed by atoms with Crippen LogP contribution in [-0.2, 0) is 13.0 Å². The first-order valence-corrected chi connectivity index (χ1v) is 7.70. The Hall–Kier alpha value is -2.12. The zero-order valence-corrected chi connectivity index (χ0v) is 14.7. The van der Waals surface area contributed by atoms with E-state index < -0.39 is 0 Å². The summed E-state index contributed by atoms with van der Waals surface area (Å²) in [5.74, 6) is 1.67. The Morgan fingerprint density at radius 3 is 2.62 bits per heavy atom. The van der Waals surface area contributed by atoms with E-state index in [-0.39, 0.29) is 24.9 Å². The van der Waals surface area contributed by atoms with Gasteiger partial charge in [-0.05, 0) is 44.3 Å². The van der Waals surface area contributed by atoms with Crippen LogP contribution in [0.3, 0.4) is 0 Å². The molecule has 2 rings (SSSR count). The van der Waals surface area contributed by atoms with Gasteiger partial charge in [-0.15, -0.1) is 12.4 Å². The third kappa shape index (κ3) is 6.17. The summed E-state index contributed by atoms with van der Waals surface area (Å²) in [5.41, 5.74) is 0.606. The molecule has 0 unspecified atom stereocenters. The number of carbonyl (C=O) groups excluding carboxylic acids is 1. The van der Waals surface area contributed by atoms with Crippen LogP contribution in [0.25, 0.3) is 0 Å². The maximum absolute atomic E-state index is 11.9. The monoisotopic (exact) mass is 354 g/mol. The number of rotatable bonds is 9. The molecule has 1 aromatic carbocycles. The summed E-state index contributed by atoms with van der Waals surface area (Å²) in [5, 5.41) is 9.72. The molecule has 132 valence electrons. The maximum atomic E-state index is 11.9. The lowest BCUT2D eigenvalue weighted by atomic mass is 10.2. The number of hydrogen-bond acceptors (Lipinski definition) is 6. The summed E-state index contributed by atoms with van der Waals surface area (Å²) in [6.07, 6.45) is 1.60. The molecule has 0 aliphatic rings. The smallest absolute Gasteiger partial charge is 0.251 e. The van der Waals surface area contributed by atoms with Crippen LogP contribution in [0.2, 0.25) is 0 Å². The first-order valence-electron chi connectivity index (χ1n) is 7.70. The fourth-order valence-corrected chi connectivity index (χ4v) is 1.91. The maximum Gasteiger partial charge on any atom is 0.251 e. The van der Waals surface area contributed by atoms with Gasteiger partial charge in [0.15, 0.2) is 6.61 Å². The van der Waals surface area contributed by atoms with Crippen molar-refractivity contribution >= 4 is 18.3 Å². The zero-order chi connectivity index (χ0) is 16.5. The molecule has 0 fully saturated rings. The van der Waals surface area contributed by atoms with E-state index in [1.54, 1.807) is 24.3 Å². The van der Waals surface area contributed by atoms with E-state index in [9.17, 15) is 4.79 Å². The van der Waals surface area contributed by atoms with Crippen LogP contribution in [0.1, 0.15) is 35.4 Å². The normalized spacial score (nSPS) is 10.1. The Morgan fingerprint density at radius 1 is 1.25 bits per heavy atom. The largest absolute Gasteiger partial charge is 0.485 e. The second kappa shape index (κ2) is 10.6. The van der Waals surface area contributed by atoms with Crippen molar-refractivity contribution < 1.29 is 14.1 Å². The van der Waals surface area contributed by atoms with E-state index in [0.29, 0.717) is 36.0 Å². The number of nitrogens with one attached hydrogen (secondary N) is 2. The Balaban J connectivity index is 0.00000288. The van der Waals surface area contributed by atoms with E-state index >= 15 is 0 Å². The van der Waals surface area contributed by atoms with Crippen LogP contribution in [0.5, 0.6) is 5.75 Å². The predicted molar refractivity (Wildman–Crippen MR) is 92.6 cm³/mol. The van der Waals surface area contributed by atoms with Gasteiger partial charge < -0.3 is 19.9 Å². The standard InChI is InChI=1S/C16H22N4O3.ClH/c1-3-15-19-14(20-23-15)11-22-13-7-5-12(6-8-13)16(21)18-10-4-9-17-2;/h5-8,17H,3-4,9-11H2,1-2H3,(H,18,21);1H. The van der Waals surface area contributed by atoms with Crippen molar-refractivity contribution in [1.29, 1.82) is 0 Å². The van der Waals surface area contributed by atoms with E-state index in [0.717, 1.165) is 13.0 Å². The molecule has 0 atom stereocenters. The number of aryl methyl sites for hydroxylation is 1. The molecule has 2 N–H and O–H groups in total. The highest BCUT2D eigenvalue weighted by Crippen LogP contribution is 2.13. The molecule has 0 bridgehead atoms. The number of benzene rings is 1. The molecule has 1 heterocycles. The summed E-state index contributed by atoms with van der Waals surface area (Å²) in [7, 11) is 1.89. The number of ether oxygens (including phenoxy) is 1. The van der Waals surface area contributed by atoms with Crippen molar-refractivity contribution in [1.82, 2.24) is 20.8 Å². The fourth-order valence-electron chi connectivity index (χ4n) is 1.91. The number of halogens is 1. The molecule has 2 aromatic rings. The molecule has 0 radical (unpaired) electrons. The van der Waals surface area contributed by atoms with Crippen LogP contribution >= 0.6 is 12.4 Å². The minimum atomic E-state index is -0.0848. The lowest BCUT2D eigenvalue weighted by Crippen LogP contribution is -2.26. The van der Waals surface area contributed by atoms with Gasteiger partial charge in [-0.25, -0.2) is 0 Å². The molecule has 24 heavy (non-hydrogen) atoms. The first-order chi connectivity index (χ1) is 11.2. The average molecular weight is 355 g/mol. The summed E-state index contributed by atoms with van der Waals surface area (Å²) in [4.78, 5) is 16.1. The summed E-state index contributed by atoms with van der Waals surface area (Å²) < 4.78 is 10.6. The highest BCUT2D eigenvalue weighted by Gasteiger charge is 2.07. The SMILES string of the molecule is CCc1nc(COc2ccc(C(=O)NCCCNC)cc2)no1.Cl. The molecule has 1 aromatic heterocycles. The van der Waals surface area contributed by atoms with Crippen molar-refractivity contribution in [3.05, 3.63) is 41.5 Å². The number of nitrogens with zero attached hydrogens (tertiary/aromatic N) is 2. The Kier molecular flexibility index (Phi) is 8.81. The van der Waals surface area contributed by atoms with Gasteiger partial charge in [0, 0.05) is 18.5 Å². The fraction of sp³-hybridized carbons (Fsp3) is 0.438. The number of carbonyl (C=O) groups is 1. The van der Waals surface area contributed by atoms with E-state index in [1.165, 1.54) is 0 Å². The zero-order valence-electron chi connectivity index (χ0n) is 13.9. The van der Waals surface area contributed by atoms with Crippen molar-refractivity contribution in [3.8, 4) is 5.75 Å². The molecular formula is C16H23ClN4O3. The molecule has 0 saturated heterocycles. The summed E-state index contributed by atoms with van der Waals surface area (Å²) in [6, 6.07) is 6.97. The molecular weight excluding hydrogens is 332 g/mol. The van der Waals surface area contributed by atoms with Gasteiger partial charge in [0.25, 0.3) is 5.91 Å². The topological polar surface area (TPSA) is 89.3 Å². The molecule has 0 aliphatic carbocycles. The van der Waals surface area contributed by atoms with Gasteiger partial charge in [-0.3, -0.25) is 4.79 Å². The summed E-state index contributed by atoms with van der Waals surface area (Å²) >= 11 is 0. The van der Waals surface area contributed by atoms with Gasteiger partial charge in [0.1, 0.15) is 5.75 Å². The Morgan fingerprint density at radius 2 is 2.00 bits per heavy atom. The quantitative estimate of drug-likeness (QED) is 0.669. The number of amides is 1. The van der Waals surface area contributed by atoms with Gasteiger partial charge in [-0.2, -0.15) is 4.98 Å². The van der Waals surface area contributed by atoms with Crippen LogP contribution < -0.4 is 15.4 Å². The van der Waals surface area contributed by atoms with Crippen LogP contribution in [-0.4, -0.2) is 36.2 Å². The Labute approximate surface area is 147 Å². The highest BCUT2D eigenvalue weighted by atomic mass is 35.5. The van der Waals surface area contributed by atoms with Gasteiger partial charge in [-0.1, -0.05) is 12.1 Å². The van der Waals surface area contributed by atoms with Crippen LogP contribution in [0, 0.1) is 0 Å². The molecule has 0 saturated carbocycles. The predicted octanol–water partition coefficient (Wildman–Crippen LogP) is 1.97. The van der Waals surface area contributed by atoms with Crippen LogP contribution in [0.15, 0.2) is 28.8 Å². The van der Waals surface area contributed by atoms with Gasteiger partial charge >= 0.3 is 0 Å². The van der Waals surface area contributed by atoms with Crippen molar-refractivity contribution in [2.75, 3.05) is 20.1 Å². The molecule has 8 heteroatoms. The van der Waals surface area contributed by atoms with Gasteiger partial charge in [0.05, 0.1) is 0 Å². The lowest BCUT2D eigenvalue weighted by Gasteiger charge is -2.07. The Bertz CT molecular complexity index is 616. The second-order valence-corrected chi connectivity index (χ2v) is 4.98. The number of hydrogen-bond donors (Lipinski definition) is 2. The molecule has 7 nitrogen and oxygen atoms in total. The van der Waals surface area contributed by atoms with E-state index in [4.69, 9.17) is 9.26 Å². The van der Waals surface area contributed by atoms with Crippen molar-refractivity contribution in [3.63, 3.8) is 0 Å². The van der Waals surface area contributed by atoms with Gasteiger partial charge in [0.2, 0.25) is 11.7 Å². The number of aromatic nitrogens is 2. The summed E-state index contributed by atoms with van der Waals surface area (Å²) in [6.45, 7) is 3.71. The first kappa shape index (κ1) is 19.9. The minimum Gasteiger partial charge on any atom is -0.485 e. The van der Waals surface area contributed by atoms with Crippen molar-refractivity contribution in [2.45, 2.75) is 26.4 Å². The van der Waals surface area contributed by atoms with E-state index in [2.05, 4.69) is 20.8 Å².